The highest BCUT2D eigenvalue weighted by atomic mass is 32.1. The van der Waals surface area contributed by atoms with Crippen molar-refractivity contribution >= 4 is 38.9 Å². The first kappa shape index (κ1) is 22.1. The van der Waals surface area contributed by atoms with Crippen LogP contribution >= 0.6 is 22.7 Å². The van der Waals surface area contributed by atoms with Gasteiger partial charge in [-0.2, -0.15) is 4.98 Å². The molecule has 0 saturated carbocycles. The van der Waals surface area contributed by atoms with Gasteiger partial charge in [0, 0.05) is 21.4 Å². The molecule has 0 amide bonds. The fraction of sp³-hybridized carbons (Fsp3) is 0.174. The number of carbonyl (C=O) groups is 1. The number of hydrogen-bond donors (Lipinski definition) is 0. The van der Waals surface area contributed by atoms with Gasteiger partial charge >= 0.3 is 5.97 Å². The molecule has 4 aromatic heterocycles. The molecular formula is C23H17FN4O4S2. The Morgan fingerprint density at radius 1 is 1.29 bits per heavy atom. The van der Waals surface area contributed by atoms with Gasteiger partial charge in [-0.1, -0.05) is 23.4 Å². The Kier molecular flexibility index (Phi) is 5.80. The zero-order valence-electron chi connectivity index (χ0n) is 18.0. The van der Waals surface area contributed by atoms with E-state index in [-0.39, 0.29) is 29.6 Å². The molecule has 4 heterocycles. The van der Waals surface area contributed by atoms with Crippen molar-refractivity contribution in [1.29, 1.82) is 0 Å². The molecule has 34 heavy (non-hydrogen) atoms. The molecule has 1 aromatic carbocycles. The highest BCUT2D eigenvalue weighted by molar-refractivity contribution is 7.18. The molecule has 0 saturated heterocycles. The highest BCUT2D eigenvalue weighted by Gasteiger charge is 2.21. The lowest BCUT2D eigenvalue weighted by molar-refractivity contribution is -0.150. The maximum Gasteiger partial charge on any atom is 0.326 e. The van der Waals surface area contributed by atoms with Crippen LogP contribution < -0.4 is 5.56 Å². The summed E-state index contributed by atoms with van der Waals surface area (Å²) in [5, 5.41) is 8.14. The molecule has 0 aliphatic carbocycles. The number of thiophene rings is 2. The molecule has 1 atom stereocenters. The molecule has 0 radical (unpaired) electrons. The minimum atomic E-state index is -0.862. The van der Waals surface area contributed by atoms with Gasteiger partial charge in [-0.05, 0) is 36.9 Å². The number of halogens is 1. The van der Waals surface area contributed by atoms with E-state index in [4.69, 9.17) is 9.26 Å². The molecule has 8 nitrogen and oxygen atoms in total. The number of ether oxygens (including phenoxy) is 1. The van der Waals surface area contributed by atoms with E-state index in [0.717, 1.165) is 10.4 Å². The molecule has 0 bridgehead atoms. The highest BCUT2D eigenvalue weighted by Crippen LogP contribution is 2.33. The maximum atomic E-state index is 13.8. The van der Waals surface area contributed by atoms with E-state index in [1.54, 1.807) is 26.0 Å². The number of nitrogens with zero attached hydrogens (tertiary/aromatic N) is 4. The summed E-state index contributed by atoms with van der Waals surface area (Å²) in [5.74, 6) is -0.804. The van der Waals surface area contributed by atoms with Gasteiger partial charge in [0.15, 0.2) is 6.10 Å². The average Bonchev–Trinajstić information content (AvgIpc) is 3.58. The Morgan fingerprint density at radius 2 is 2.15 bits per heavy atom. The third kappa shape index (κ3) is 4.15. The number of esters is 1. The Labute approximate surface area is 200 Å². The van der Waals surface area contributed by atoms with Gasteiger partial charge in [0.25, 0.3) is 11.4 Å². The van der Waals surface area contributed by atoms with E-state index < -0.39 is 12.1 Å². The van der Waals surface area contributed by atoms with Crippen LogP contribution in [0.15, 0.2) is 56.7 Å². The molecule has 0 spiro atoms. The van der Waals surface area contributed by atoms with Crippen molar-refractivity contribution in [3.63, 3.8) is 0 Å². The van der Waals surface area contributed by atoms with E-state index in [0.29, 0.717) is 21.3 Å². The first-order valence-electron chi connectivity index (χ1n) is 10.2. The first-order valence-corrected chi connectivity index (χ1v) is 12.0. The number of rotatable bonds is 6. The fourth-order valence-electron chi connectivity index (χ4n) is 3.37. The van der Waals surface area contributed by atoms with Gasteiger partial charge < -0.3 is 9.26 Å². The first-order chi connectivity index (χ1) is 16.4. The van der Waals surface area contributed by atoms with E-state index in [1.165, 1.54) is 39.6 Å². The Balaban J connectivity index is 1.32. The summed E-state index contributed by atoms with van der Waals surface area (Å²) in [6.45, 7) is 2.90. The molecule has 5 rings (SSSR count). The Bertz CT molecular complexity index is 1560. The van der Waals surface area contributed by atoms with Crippen LogP contribution in [0, 0.1) is 12.7 Å². The molecule has 1 unspecified atom stereocenters. The lowest BCUT2D eigenvalue weighted by atomic mass is 10.1. The van der Waals surface area contributed by atoms with Crippen LogP contribution in [0.3, 0.4) is 0 Å². The summed E-state index contributed by atoms with van der Waals surface area (Å²) in [6.07, 6.45) is 0.474. The summed E-state index contributed by atoms with van der Waals surface area (Å²) in [5.41, 5.74) is 1.43. The molecular weight excluding hydrogens is 479 g/mol. The zero-order valence-corrected chi connectivity index (χ0v) is 19.7. The number of hydrogen-bond acceptors (Lipinski definition) is 9. The topological polar surface area (TPSA) is 100 Å². The lowest BCUT2D eigenvalue weighted by Crippen LogP contribution is -2.26. The summed E-state index contributed by atoms with van der Waals surface area (Å²) < 4.78 is 25.6. The van der Waals surface area contributed by atoms with E-state index in [2.05, 4.69) is 15.1 Å². The van der Waals surface area contributed by atoms with Crippen molar-refractivity contribution in [1.82, 2.24) is 19.7 Å². The maximum absolute atomic E-state index is 13.8. The summed E-state index contributed by atoms with van der Waals surface area (Å²) in [6, 6.07) is 8.45. The third-order valence-corrected chi connectivity index (χ3v) is 6.96. The van der Waals surface area contributed by atoms with E-state index in [1.807, 2.05) is 22.9 Å². The van der Waals surface area contributed by atoms with Crippen LogP contribution in [0.1, 0.15) is 24.5 Å². The van der Waals surface area contributed by atoms with E-state index in [9.17, 15) is 14.0 Å². The smallest absolute Gasteiger partial charge is 0.326 e. The van der Waals surface area contributed by atoms with Crippen molar-refractivity contribution in [3.05, 3.63) is 75.0 Å². The Hall–Kier alpha value is -3.70. The number of aromatic nitrogens is 4. The van der Waals surface area contributed by atoms with Crippen molar-refractivity contribution in [2.24, 2.45) is 0 Å². The van der Waals surface area contributed by atoms with Gasteiger partial charge in [0.1, 0.15) is 17.2 Å². The molecule has 5 aromatic rings. The van der Waals surface area contributed by atoms with Gasteiger partial charge in [-0.15, -0.1) is 22.7 Å². The van der Waals surface area contributed by atoms with Gasteiger partial charge in [-0.3, -0.25) is 14.2 Å². The Morgan fingerprint density at radius 3 is 2.91 bits per heavy atom. The van der Waals surface area contributed by atoms with Gasteiger partial charge in [-0.25, -0.2) is 9.37 Å². The zero-order chi connectivity index (χ0) is 23.8. The second kappa shape index (κ2) is 8.92. The van der Waals surface area contributed by atoms with Crippen LogP contribution in [-0.4, -0.2) is 25.7 Å². The molecule has 0 fully saturated rings. The SMILES string of the molecule is Cc1ccc(-c2noc(C(C)OC(=O)Cn3cnc4scc(-c5cccs5)c4c3=O)n2)cc1F. The monoisotopic (exact) mass is 496 g/mol. The minimum absolute atomic E-state index is 0.0584. The molecule has 0 N–H and O–H groups in total. The largest absolute Gasteiger partial charge is 0.451 e. The van der Waals surface area contributed by atoms with Crippen molar-refractivity contribution in [2.45, 2.75) is 26.5 Å². The summed E-state index contributed by atoms with van der Waals surface area (Å²) >= 11 is 2.91. The lowest BCUT2D eigenvalue weighted by Gasteiger charge is -2.10. The number of carbonyl (C=O) groups excluding carboxylic acids is 1. The number of benzene rings is 1. The molecule has 172 valence electrons. The van der Waals surface area contributed by atoms with Crippen molar-refractivity contribution < 1.29 is 18.4 Å². The fourth-order valence-corrected chi connectivity index (χ4v) is 5.09. The summed E-state index contributed by atoms with van der Waals surface area (Å²) in [7, 11) is 0. The molecule has 11 heteroatoms. The predicted octanol–water partition coefficient (Wildman–Crippen LogP) is 4.99. The predicted molar refractivity (Wildman–Crippen MR) is 126 cm³/mol. The normalized spacial score (nSPS) is 12.2. The second-order valence-corrected chi connectivity index (χ2v) is 9.34. The van der Waals surface area contributed by atoms with Crippen LogP contribution in [0.25, 0.3) is 32.0 Å². The standard InChI is InChI=1S/C23H17FN4O4S2/c1-12-5-6-14(8-16(12)24)20-26-21(32-27-20)13(2)31-18(29)9-28-11-25-22-19(23(28)30)15(10-34-22)17-4-3-7-33-17/h3-8,10-11,13H,9H2,1-2H3. The molecule has 0 aliphatic rings. The van der Waals surface area contributed by atoms with Crippen LogP contribution in [0.4, 0.5) is 4.39 Å². The van der Waals surface area contributed by atoms with Crippen LogP contribution in [-0.2, 0) is 16.1 Å². The van der Waals surface area contributed by atoms with Gasteiger partial charge in [0.2, 0.25) is 5.82 Å². The molecule has 0 aliphatic heterocycles. The van der Waals surface area contributed by atoms with Crippen molar-refractivity contribution in [3.8, 4) is 21.8 Å². The number of fused-ring (bicyclic) bond motifs is 1. The third-order valence-electron chi connectivity index (χ3n) is 5.17. The van der Waals surface area contributed by atoms with Crippen LogP contribution in [0.2, 0.25) is 0 Å². The average molecular weight is 497 g/mol. The van der Waals surface area contributed by atoms with Crippen molar-refractivity contribution in [2.75, 3.05) is 0 Å². The number of aryl methyl sites for hydroxylation is 1. The quantitative estimate of drug-likeness (QED) is 0.305. The van der Waals surface area contributed by atoms with Crippen LogP contribution in [0.5, 0.6) is 0 Å². The van der Waals surface area contributed by atoms with E-state index >= 15 is 0 Å². The minimum Gasteiger partial charge on any atom is -0.451 e. The second-order valence-electron chi connectivity index (χ2n) is 7.54. The van der Waals surface area contributed by atoms with Gasteiger partial charge in [0.05, 0.1) is 11.7 Å². The summed E-state index contributed by atoms with van der Waals surface area (Å²) in [4.78, 5) is 35.7.